The Balaban J connectivity index is 2.30. The van der Waals surface area contributed by atoms with E-state index in [-0.39, 0.29) is 6.10 Å². The van der Waals surface area contributed by atoms with E-state index < -0.39 is 4.52 Å². The molecule has 0 spiro atoms. The van der Waals surface area contributed by atoms with E-state index in [0.717, 1.165) is 6.42 Å². The van der Waals surface area contributed by atoms with Gasteiger partial charge in [0.05, 0.1) is 0 Å². The molecule has 1 saturated heterocycles. The Labute approximate surface area is 52.5 Å². The fourth-order valence-electron chi connectivity index (χ4n) is 0.477. The van der Waals surface area contributed by atoms with E-state index in [9.17, 15) is 0 Å². The number of ether oxygens (including phenoxy) is 1. The lowest BCUT2D eigenvalue weighted by Gasteiger charge is -1.81. The van der Waals surface area contributed by atoms with Crippen molar-refractivity contribution in [1.82, 2.24) is 0 Å². The van der Waals surface area contributed by atoms with Gasteiger partial charge in [-0.2, -0.15) is 0 Å². The highest BCUT2D eigenvalue weighted by Crippen LogP contribution is 2.46. The number of alkyl halides is 2. The summed E-state index contributed by atoms with van der Waals surface area (Å²) in [7, 11) is 0. The third kappa shape index (κ3) is 1.01. The maximum Gasteiger partial charge on any atom is 0.244 e. The van der Waals surface area contributed by atoms with Crippen LogP contribution in [-0.4, -0.2) is 10.6 Å². The molecule has 1 atom stereocenters. The average Bonchev–Trinajstić information content (AvgIpc) is 2.13. The Bertz CT molecular complexity index is 81.8. The van der Waals surface area contributed by atoms with E-state index in [4.69, 9.17) is 27.9 Å². The van der Waals surface area contributed by atoms with Gasteiger partial charge in [0.15, 0.2) is 0 Å². The highest BCUT2D eigenvalue weighted by atomic mass is 35.5. The fourth-order valence-corrected chi connectivity index (χ4v) is 1.00. The number of hydrogen-bond donors (Lipinski definition) is 0. The highest BCUT2D eigenvalue weighted by molar-refractivity contribution is 6.49. The number of hydrogen-bond acceptors (Lipinski definition) is 1. The monoisotopic (exact) mass is 140 g/mol. The summed E-state index contributed by atoms with van der Waals surface area (Å²) in [6.07, 6.45) is 0.975. The summed E-state index contributed by atoms with van der Waals surface area (Å²) in [6, 6.07) is 0. The minimum absolute atomic E-state index is 0.0795. The van der Waals surface area contributed by atoms with Crippen LogP contribution in [0.3, 0.4) is 0 Å². The molecule has 42 valence electrons. The standard InChI is InChI=1S/C4H6Cl2O/c1-2-3-4(5,6)7-3/h3H,2H2,1H3. The molecule has 0 aromatic rings. The van der Waals surface area contributed by atoms with Gasteiger partial charge in [0, 0.05) is 0 Å². The van der Waals surface area contributed by atoms with Crippen molar-refractivity contribution in [3.05, 3.63) is 0 Å². The van der Waals surface area contributed by atoms with E-state index in [0.29, 0.717) is 0 Å². The topological polar surface area (TPSA) is 12.5 Å². The van der Waals surface area contributed by atoms with Crippen LogP contribution >= 0.6 is 23.2 Å². The molecule has 0 bridgehead atoms. The van der Waals surface area contributed by atoms with Crippen molar-refractivity contribution in [1.29, 1.82) is 0 Å². The predicted molar refractivity (Wildman–Crippen MR) is 29.6 cm³/mol. The van der Waals surface area contributed by atoms with Gasteiger partial charge >= 0.3 is 0 Å². The summed E-state index contributed by atoms with van der Waals surface area (Å²) in [5, 5.41) is 0. The van der Waals surface area contributed by atoms with Crippen molar-refractivity contribution in [2.24, 2.45) is 0 Å². The minimum atomic E-state index is -0.839. The molecule has 1 nitrogen and oxygen atoms in total. The SMILES string of the molecule is CCC1OC1(Cl)Cl. The molecule has 1 rings (SSSR count). The van der Waals surface area contributed by atoms with Crippen molar-refractivity contribution in [3.63, 3.8) is 0 Å². The Kier molecular flexibility index (Phi) is 1.22. The lowest BCUT2D eigenvalue weighted by Crippen LogP contribution is -1.91. The van der Waals surface area contributed by atoms with Crippen LogP contribution in [-0.2, 0) is 4.74 Å². The van der Waals surface area contributed by atoms with Crippen LogP contribution in [0.4, 0.5) is 0 Å². The smallest absolute Gasteiger partial charge is 0.244 e. The van der Waals surface area contributed by atoms with Crippen LogP contribution < -0.4 is 0 Å². The van der Waals surface area contributed by atoms with Gasteiger partial charge in [-0.05, 0) is 6.42 Å². The minimum Gasteiger partial charge on any atom is -0.335 e. The number of rotatable bonds is 1. The van der Waals surface area contributed by atoms with Gasteiger partial charge in [0.25, 0.3) is 0 Å². The quantitative estimate of drug-likeness (QED) is 0.401. The summed E-state index contributed by atoms with van der Waals surface area (Å²) >= 11 is 10.9. The molecule has 0 aromatic carbocycles. The maximum atomic E-state index is 5.45. The first-order valence-electron chi connectivity index (χ1n) is 2.22. The first kappa shape index (κ1) is 5.67. The van der Waals surface area contributed by atoms with Gasteiger partial charge in [-0.3, -0.25) is 0 Å². The van der Waals surface area contributed by atoms with E-state index in [1.54, 1.807) is 0 Å². The molecule has 7 heavy (non-hydrogen) atoms. The van der Waals surface area contributed by atoms with Crippen molar-refractivity contribution in [2.45, 2.75) is 24.0 Å². The van der Waals surface area contributed by atoms with Gasteiger partial charge in [-0.15, -0.1) is 0 Å². The van der Waals surface area contributed by atoms with Gasteiger partial charge in [-0.25, -0.2) is 0 Å². The zero-order valence-corrected chi connectivity index (χ0v) is 5.46. The van der Waals surface area contributed by atoms with Gasteiger partial charge < -0.3 is 4.74 Å². The van der Waals surface area contributed by atoms with E-state index in [2.05, 4.69) is 0 Å². The van der Waals surface area contributed by atoms with E-state index in [1.165, 1.54) is 0 Å². The summed E-state index contributed by atoms with van der Waals surface area (Å²) in [5.74, 6) is 0. The van der Waals surface area contributed by atoms with Crippen LogP contribution in [0.2, 0.25) is 0 Å². The molecule has 0 amide bonds. The van der Waals surface area contributed by atoms with Gasteiger partial charge in [-0.1, -0.05) is 30.1 Å². The molecule has 1 fully saturated rings. The number of halogens is 2. The zero-order valence-electron chi connectivity index (χ0n) is 3.95. The first-order chi connectivity index (χ1) is 3.17. The lowest BCUT2D eigenvalue weighted by atomic mass is 10.4. The van der Waals surface area contributed by atoms with Crippen molar-refractivity contribution >= 4 is 23.2 Å². The molecular formula is C4H6Cl2O. The Hall–Kier alpha value is 0.540. The second-order valence-electron chi connectivity index (χ2n) is 1.58. The van der Waals surface area contributed by atoms with E-state index in [1.807, 2.05) is 6.92 Å². The van der Waals surface area contributed by atoms with Crippen LogP contribution in [0.15, 0.2) is 0 Å². The highest BCUT2D eigenvalue weighted by Gasteiger charge is 2.52. The van der Waals surface area contributed by atoms with E-state index >= 15 is 0 Å². The summed E-state index contributed by atoms with van der Waals surface area (Å²) in [5.41, 5.74) is 0. The van der Waals surface area contributed by atoms with Crippen molar-refractivity contribution in [3.8, 4) is 0 Å². The van der Waals surface area contributed by atoms with Crippen LogP contribution in [0.5, 0.6) is 0 Å². The normalized spacial score (nSPS) is 35.6. The van der Waals surface area contributed by atoms with Crippen LogP contribution in [0, 0.1) is 0 Å². The first-order valence-corrected chi connectivity index (χ1v) is 2.98. The molecule has 0 saturated carbocycles. The molecule has 0 N–H and O–H groups in total. The Morgan fingerprint density at radius 3 is 2.14 bits per heavy atom. The molecular weight excluding hydrogens is 135 g/mol. The molecule has 0 aromatic heterocycles. The third-order valence-electron chi connectivity index (χ3n) is 0.988. The average molecular weight is 141 g/mol. The molecule has 1 aliphatic rings. The summed E-state index contributed by atoms with van der Waals surface area (Å²) < 4.78 is 3.95. The molecule has 1 aliphatic heterocycles. The van der Waals surface area contributed by atoms with Gasteiger partial charge in [0.2, 0.25) is 4.52 Å². The van der Waals surface area contributed by atoms with Crippen LogP contribution in [0.25, 0.3) is 0 Å². The summed E-state index contributed by atoms with van der Waals surface area (Å²) in [6.45, 7) is 1.98. The van der Waals surface area contributed by atoms with Crippen LogP contribution in [0.1, 0.15) is 13.3 Å². The van der Waals surface area contributed by atoms with Gasteiger partial charge in [0.1, 0.15) is 6.10 Å². The Morgan fingerprint density at radius 1 is 1.71 bits per heavy atom. The fraction of sp³-hybridized carbons (Fsp3) is 1.00. The second-order valence-corrected chi connectivity index (χ2v) is 2.89. The largest absolute Gasteiger partial charge is 0.335 e. The molecule has 3 heteroatoms. The molecule has 0 aliphatic carbocycles. The summed E-state index contributed by atoms with van der Waals surface area (Å²) in [4.78, 5) is 0. The lowest BCUT2D eigenvalue weighted by molar-refractivity contribution is 0.383. The van der Waals surface area contributed by atoms with Crippen molar-refractivity contribution in [2.75, 3.05) is 0 Å². The predicted octanol–water partition coefficient (Wildman–Crippen LogP) is 1.93. The second kappa shape index (κ2) is 1.51. The Morgan fingerprint density at radius 2 is 2.14 bits per heavy atom. The molecule has 1 unspecified atom stereocenters. The third-order valence-corrected chi connectivity index (χ3v) is 1.65. The molecule has 1 heterocycles. The zero-order chi connectivity index (χ0) is 5.49. The number of epoxide rings is 1. The maximum absolute atomic E-state index is 5.45. The molecule has 0 radical (unpaired) electrons. The van der Waals surface area contributed by atoms with Crippen molar-refractivity contribution < 1.29 is 4.74 Å².